The molecule has 0 aliphatic rings. The van der Waals surface area contributed by atoms with Crippen LogP contribution in [0, 0.1) is 13.8 Å². The van der Waals surface area contributed by atoms with Gasteiger partial charge in [-0.15, -0.1) is 10.2 Å². The van der Waals surface area contributed by atoms with Gasteiger partial charge in [0.25, 0.3) is 0 Å². The summed E-state index contributed by atoms with van der Waals surface area (Å²) in [6, 6.07) is 15.3. The number of aromatic nitrogens is 4. The lowest BCUT2D eigenvalue weighted by atomic mass is 10.1. The van der Waals surface area contributed by atoms with Crippen molar-refractivity contribution < 1.29 is 0 Å². The lowest BCUT2D eigenvalue weighted by molar-refractivity contribution is 0.819. The molecule has 0 fully saturated rings. The van der Waals surface area contributed by atoms with Gasteiger partial charge in [-0.2, -0.15) is 0 Å². The molecule has 0 saturated heterocycles. The van der Waals surface area contributed by atoms with Gasteiger partial charge >= 0.3 is 5.56 Å². The highest BCUT2D eigenvalue weighted by Gasteiger charge is 2.13. The molecule has 6 heteroatoms. The minimum atomic E-state index is -0.267. The van der Waals surface area contributed by atoms with Crippen LogP contribution in [0.3, 0.4) is 0 Å². The largest absolute Gasteiger partial charge is 0.300 e. The number of benzene rings is 2. The molecule has 0 atom stereocenters. The van der Waals surface area contributed by atoms with Crippen molar-refractivity contribution in [3.63, 3.8) is 0 Å². The Morgan fingerprint density at radius 2 is 1.75 bits per heavy atom. The molecule has 2 aromatic carbocycles. The van der Waals surface area contributed by atoms with E-state index in [9.17, 15) is 4.79 Å². The van der Waals surface area contributed by atoms with Crippen LogP contribution >= 0.6 is 0 Å². The average molecular weight is 317 g/mol. The second kappa shape index (κ2) is 5.42. The Kier molecular flexibility index (Phi) is 3.23. The molecular weight excluding hydrogens is 302 g/mol. The van der Waals surface area contributed by atoms with Gasteiger partial charge in [-0.1, -0.05) is 30.3 Å². The van der Waals surface area contributed by atoms with Crippen molar-refractivity contribution >= 4 is 27.6 Å². The first kappa shape index (κ1) is 14.3. The van der Waals surface area contributed by atoms with E-state index in [0.717, 1.165) is 22.2 Å². The predicted molar refractivity (Wildman–Crippen MR) is 94.0 cm³/mol. The van der Waals surface area contributed by atoms with E-state index in [0.29, 0.717) is 11.3 Å². The molecule has 0 bridgehead atoms. The van der Waals surface area contributed by atoms with E-state index in [1.165, 1.54) is 4.68 Å². The molecule has 0 unspecified atom stereocenters. The first-order valence-corrected chi connectivity index (χ1v) is 7.62. The van der Waals surface area contributed by atoms with Gasteiger partial charge in [0.15, 0.2) is 5.52 Å². The topological polar surface area (TPSA) is 72.7 Å². The summed E-state index contributed by atoms with van der Waals surface area (Å²) < 4.78 is 1.40. The zero-order valence-electron chi connectivity index (χ0n) is 13.3. The highest BCUT2D eigenvalue weighted by Crippen LogP contribution is 2.19. The van der Waals surface area contributed by atoms with E-state index in [-0.39, 0.29) is 11.1 Å². The summed E-state index contributed by atoms with van der Waals surface area (Å²) in [5.41, 5.74) is 6.25. The van der Waals surface area contributed by atoms with Gasteiger partial charge in [-0.25, -0.2) is 9.66 Å². The summed E-state index contributed by atoms with van der Waals surface area (Å²) >= 11 is 0. The van der Waals surface area contributed by atoms with Gasteiger partial charge in [0, 0.05) is 5.39 Å². The van der Waals surface area contributed by atoms with E-state index in [1.54, 1.807) is 6.92 Å². The average Bonchev–Trinajstić information content (AvgIpc) is 2.59. The van der Waals surface area contributed by atoms with Crippen LogP contribution < -0.4 is 11.0 Å². The van der Waals surface area contributed by atoms with Crippen molar-refractivity contribution in [3.8, 4) is 0 Å². The summed E-state index contributed by atoms with van der Waals surface area (Å²) in [4.78, 5) is 17.4. The number of aryl methyl sites for hydroxylation is 2. The summed E-state index contributed by atoms with van der Waals surface area (Å²) in [6.07, 6.45) is 0. The van der Waals surface area contributed by atoms with Crippen LogP contribution in [0.4, 0.5) is 5.69 Å². The molecule has 1 N–H and O–H groups in total. The zero-order chi connectivity index (χ0) is 16.7. The molecule has 118 valence electrons. The highest BCUT2D eigenvalue weighted by molar-refractivity contribution is 6.00. The second-order valence-corrected chi connectivity index (χ2v) is 5.70. The first-order chi connectivity index (χ1) is 11.6. The number of hydrogen-bond acceptors (Lipinski definition) is 5. The quantitative estimate of drug-likeness (QED) is 0.576. The second-order valence-electron chi connectivity index (χ2n) is 5.70. The molecule has 0 aliphatic heterocycles. The van der Waals surface area contributed by atoms with Crippen molar-refractivity contribution in [3.05, 3.63) is 70.3 Å². The molecule has 0 spiro atoms. The summed E-state index contributed by atoms with van der Waals surface area (Å²) in [5.74, 6) is 0.561. The molecule has 2 aromatic heterocycles. The third-order valence-corrected chi connectivity index (χ3v) is 3.91. The van der Waals surface area contributed by atoms with Crippen LogP contribution in [0.1, 0.15) is 11.4 Å². The SMILES string of the molecule is Cc1ccc2c(c1)nnc1c(=O)n(Nc3ccccc3)c(C)nc12. The summed E-state index contributed by atoms with van der Waals surface area (Å²) in [6.45, 7) is 3.78. The van der Waals surface area contributed by atoms with Crippen molar-refractivity contribution in [2.24, 2.45) is 0 Å². The summed E-state index contributed by atoms with van der Waals surface area (Å²) in [7, 11) is 0. The molecule has 0 saturated carbocycles. The Morgan fingerprint density at radius 1 is 0.958 bits per heavy atom. The maximum absolute atomic E-state index is 12.8. The number of para-hydroxylation sites is 1. The van der Waals surface area contributed by atoms with Crippen LogP contribution in [0.5, 0.6) is 0 Å². The Labute approximate surface area is 137 Å². The predicted octanol–water partition coefficient (Wildman–Crippen LogP) is 2.83. The smallest absolute Gasteiger partial charge is 0.290 e. The minimum Gasteiger partial charge on any atom is -0.290 e. The third kappa shape index (κ3) is 2.28. The molecule has 0 radical (unpaired) electrons. The molecular formula is C18H15N5O. The standard InChI is InChI=1S/C18H15N5O/c1-11-8-9-14-15(10-11)20-21-17-16(14)19-12(2)23(18(17)24)22-13-6-4-3-5-7-13/h3-10,22H,1-2H3. The Balaban J connectivity index is 1.96. The molecule has 4 aromatic rings. The van der Waals surface area contributed by atoms with E-state index >= 15 is 0 Å². The lowest BCUT2D eigenvalue weighted by Gasteiger charge is -2.13. The van der Waals surface area contributed by atoms with Crippen LogP contribution in [-0.2, 0) is 0 Å². The number of fused-ring (bicyclic) bond motifs is 3. The van der Waals surface area contributed by atoms with Crippen molar-refractivity contribution in [1.82, 2.24) is 19.9 Å². The van der Waals surface area contributed by atoms with Crippen LogP contribution in [-0.4, -0.2) is 19.9 Å². The normalized spacial score (nSPS) is 11.1. The zero-order valence-corrected chi connectivity index (χ0v) is 13.3. The number of nitrogens with zero attached hydrogens (tertiary/aromatic N) is 4. The first-order valence-electron chi connectivity index (χ1n) is 7.62. The number of nitrogens with one attached hydrogen (secondary N) is 1. The van der Waals surface area contributed by atoms with Crippen molar-refractivity contribution in [1.29, 1.82) is 0 Å². The van der Waals surface area contributed by atoms with Gasteiger partial charge < -0.3 is 0 Å². The van der Waals surface area contributed by atoms with Crippen molar-refractivity contribution in [2.75, 3.05) is 5.43 Å². The van der Waals surface area contributed by atoms with Crippen molar-refractivity contribution in [2.45, 2.75) is 13.8 Å². The van der Waals surface area contributed by atoms with Crippen LogP contribution in [0.2, 0.25) is 0 Å². The Bertz CT molecular complexity index is 1120. The lowest BCUT2D eigenvalue weighted by Crippen LogP contribution is -2.30. The van der Waals surface area contributed by atoms with Gasteiger partial charge in [0.1, 0.15) is 11.3 Å². The Hall–Kier alpha value is -3.28. The van der Waals surface area contributed by atoms with Gasteiger partial charge in [-0.3, -0.25) is 10.2 Å². The van der Waals surface area contributed by atoms with Gasteiger partial charge in [0.05, 0.1) is 11.2 Å². The fraction of sp³-hybridized carbons (Fsp3) is 0.111. The van der Waals surface area contributed by atoms with Gasteiger partial charge in [0.2, 0.25) is 0 Å². The van der Waals surface area contributed by atoms with E-state index < -0.39 is 0 Å². The summed E-state index contributed by atoms with van der Waals surface area (Å²) in [5, 5.41) is 9.12. The number of rotatable bonds is 2. The number of anilines is 1. The maximum atomic E-state index is 12.8. The van der Waals surface area contributed by atoms with E-state index in [2.05, 4.69) is 20.6 Å². The molecule has 4 rings (SSSR count). The van der Waals surface area contributed by atoms with E-state index in [4.69, 9.17) is 0 Å². The molecule has 0 amide bonds. The molecule has 6 nitrogen and oxygen atoms in total. The maximum Gasteiger partial charge on any atom is 0.300 e. The molecule has 0 aliphatic carbocycles. The van der Waals surface area contributed by atoms with Gasteiger partial charge in [-0.05, 0) is 37.6 Å². The van der Waals surface area contributed by atoms with Crippen LogP contribution in [0.25, 0.3) is 21.9 Å². The molecule has 24 heavy (non-hydrogen) atoms. The monoisotopic (exact) mass is 317 g/mol. The number of hydrogen-bond donors (Lipinski definition) is 1. The Morgan fingerprint density at radius 3 is 2.54 bits per heavy atom. The van der Waals surface area contributed by atoms with E-state index in [1.807, 2.05) is 55.5 Å². The fourth-order valence-corrected chi connectivity index (χ4v) is 2.70. The highest BCUT2D eigenvalue weighted by atomic mass is 16.1. The fourth-order valence-electron chi connectivity index (χ4n) is 2.70. The third-order valence-electron chi connectivity index (χ3n) is 3.91. The minimum absolute atomic E-state index is 0.250. The van der Waals surface area contributed by atoms with Crippen LogP contribution in [0.15, 0.2) is 53.3 Å². The molecule has 2 heterocycles.